The maximum atomic E-state index is 5.80. The molecular weight excluding hydrogens is 170 g/mol. The SMILES string of the molecule is Cc1cc(N)cc(CCC(C)(C)C)c1. The Hall–Kier alpha value is -0.980. The number of benzene rings is 1. The topological polar surface area (TPSA) is 26.0 Å². The van der Waals surface area contributed by atoms with Crippen molar-refractivity contribution >= 4 is 5.69 Å². The number of hydrogen-bond donors (Lipinski definition) is 1. The van der Waals surface area contributed by atoms with Gasteiger partial charge in [-0.1, -0.05) is 26.8 Å². The summed E-state index contributed by atoms with van der Waals surface area (Å²) in [4.78, 5) is 0. The zero-order chi connectivity index (χ0) is 10.8. The lowest BCUT2D eigenvalue weighted by Gasteiger charge is -2.18. The average molecular weight is 191 g/mol. The zero-order valence-corrected chi connectivity index (χ0v) is 9.72. The van der Waals surface area contributed by atoms with E-state index in [9.17, 15) is 0 Å². The first-order chi connectivity index (χ1) is 6.37. The molecule has 0 fully saturated rings. The molecule has 0 aliphatic heterocycles. The van der Waals surface area contributed by atoms with E-state index in [1.807, 2.05) is 6.07 Å². The van der Waals surface area contributed by atoms with Crippen LogP contribution in [0.1, 0.15) is 38.3 Å². The normalized spacial score (nSPS) is 11.7. The van der Waals surface area contributed by atoms with E-state index in [4.69, 9.17) is 5.73 Å². The second-order valence-corrected chi connectivity index (χ2v) is 5.31. The van der Waals surface area contributed by atoms with Gasteiger partial charge in [0.25, 0.3) is 0 Å². The Morgan fingerprint density at radius 1 is 1.14 bits per heavy atom. The maximum absolute atomic E-state index is 5.80. The predicted octanol–water partition coefficient (Wildman–Crippen LogP) is 3.56. The molecule has 0 heterocycles. The second-order valence-electron chi connectivity index (χ2n) is 5.31. The van der Waals surface area contributed by atoms with Gasteiger partial charge in [0.15, 0.2) is 0 Å². The standard InChI is InChI=1S/C13H21N/c1-10-7-11(9-12(14)8-10)5-6-13(2,3)4/h7-9H,5-6,14H2,1-4H3. The Balaban J connectivity index is 2.68. The lowest BCUT2D eigenvalue weighted by atomic mass is 9.88. The maximum Gasteiger partial charge on any atom is 0.0319 e. The van der Waals surface area contributed by atoms with Crippen LogP contribution in [0.3, 0.4) is 0 Å². The molecule has 0 unspecified atom stereocenters. The van der Waals surface area contributed by atoms with Crippen molar-refractivity contribution in [1.82, 2.24) is 0 Å². The summed E-state index contributed by atoms with van der Waals surface area (Å²) >= 11 is 0. The van der Waals surface area contributed by atoms with E-state index in [0.717, 1.165) is 12.1 Å². The second kappa shape index (κ2) is 4.04. The number of anilines is 1. The zero-order valence-electron chi connectivity index (χ0n) is 9.72. The van der Waals surface area contributed by atoms with Crippen LogP contribution >= 0.6 is 0 Å². The molecule has 0 amide bonds. The number of aryl methyl sites for hydroxylation is 2. The van der Waals surface area contributed by atoms with Crippen molar-refractivity contribution in [1.29, 1.82) is 0 Å². The summed E-state index contributed by atoms with van der Waals surface area (Å²) in [7, 11) is 0. The van der Waals surface area contributed by atoms with Gasteiger partial charge in [0.1, 0.15) is 0 Å². The fourth-order valence-corrected chi connectivity index (χ4v) is 1.56. The fourth-order valence-electron chi connectivity index (χ4n) is 1.56. The molecule has 0 aromatic heterocycles. The summed E-state index contributed by atoms with van der Waals surface area (Å²) in [5.41, 5.74) is 9.70. The van der Waals surface area contributed by atoms with E-state index in [1.54, 1.807) is 0 Å². The number of nitrogens with two attached hydrogens (primary N) is 1. The van der Waals surface area contributed by atoms with Crippen LogP contribution < -0.4 is 5.73 Å². The highest BCUT2D eigenvalue weighted by Gasteiger charge is 2.10. The molecule has 2 N–H and O–H groups in total. The molecule has 0 bridgehead atoms. The van der Waals surface area contributed by atoms with Gasteiger partial charge < -0.3 is 5.73 Å². The highest BCUT2D eigenvalue weighted by Crippen LogP contribution is 2.22. The first-order valence-electron chi connectivity index (χ1n) is 5.23. The van der Waals surface area contributed by atoms with Gasteiger partial charge in [-0.15, -0.1) is 0 Å². The first kappa shape index (κ1) is 11.1. The third-order valence-corrected chi connectivity index (χ3v) is 2.32. The Bertz CT molecular complexity index is 287. The average Bonchev–Trinajstić information content (AvgIpc) is 1.97. The van der Waals surface area contributed by atoms with Crippen molar-refractivity contribution in [3.05, 3.63) is 29.3 Å². The van der Waals surface area contributed by atoms with Gasteiger partial charge in [0.2, 0.25) is 0 Å². The molecule has 1 rings (SSSR count). The lowest BCUT2D eigenvalue weighted by Crippen LogP contribution is -2.06. The summed E-state index contributed by atoms with van der Waals surface area (Å²) in [6, 6.07) is 6.32. The van der Waals surface area contributed by atoms with E-state index < -0.39 is 0 Å². The molecule has 78 valence electrons. The first-order valence-corrected chi connectivity index (χ1v) is 5.23. The van der Waals surface area contributed by atoms with Crippen molar-refractivity contribution < 1.29 is 0 Å². The molecule has 1 aromatic rings. The third-order valence-electron chi connectivity index (χ3n) is 2.32. The van der Waals surface area contributed by atoms with Crippen LogP contribution in [0.2, 0.25) is 0 Å². The van der Waals surface area contributed by atoms with Gasteiger partial charge in [0, 0.05) is 5.69 Å². The van der Waals surface area contributed by atoms with Crippen LogP contribution in [-0.4, -0.2) is 0 Å². The molecule has 0 spiro atoms. The van der Waals surface area contributed by atoms with Crippen molar-refractivity contribution in [3.63, 3.8) is 0 Å². The van der Waals surface area contributed by atoms with Gasteiger partial charge >= 0.3 is 0 Å². The smallest absolute Gasteiger partial charge is 0.0319 e. The summed E-state index contributed by atoms with van der Waals surface area (Å²) in [6.45, 7) is 8.90. The minimum absolute atomic E-state index is 0.401. The van der Waals surface area contributed by atoms with Gasteiger partial charge in [-0.2, -0.15) is 0 Å². The van der Waals surface area contributed by atoms with Gasteiger partial charge in [0.05, 0.1) is 0 Å². The fraction of sp³-hybridized carbons (Fsp3) is 0.538. The quantitative estimate of drug-likeness (QED) is 0.711. The number of nitrogen functional groups attached to an aromatic ring is 1. The molecule has 0 aliphatic rings. The third kappa shape index (κ3) is 3.82. The van der Waals surface area contributed by atoms with Crippen molar-refractivity contribution in [2.45, 2.75) is 40.5 Å². The highest BCUT2D eigenvalue weighted by atomic mass is 14.5. The van der Waals surface area contributed by atoms with Crippen LogP contribution in [0.4, 0.5) is 5.69 Å². The monoisotopic (exact) mass is 191 g/mol. The molecule has 0 atom stereocenters. The van der Waals surface area contributed by atoms with Gasteiger partial charge in [-0.05, 0) is 48.4 Å². The summed E-state index contributed by atoms with van der Waals surface area (Å²) in [5, 5.41) is 0. The number of hydrogen-bond acceptors (Lipinski definition) is 1. The summed E-state index contributed by atoms with van der Waals surface area (Å²) in [6.07, 6.45) is 2.32. The van der Waals surface area contributed by atoms with Crippen molar-refractivity contribution in [3.8, 4) is 0 Å². The number of rotatable bonds is 2. The molecule has 1 heteroatoms. The Morgan fingerprint density at radius 3 is 2.29 bits per heavy atom. The Labute approximate surface area is 87.3 Å². The van der Waals surface area contributed by atoms with E-state index in [1.165, 1.54) is 17.5 Å². The molecule has 0 aliphatic carbocycles. The highest BCUT2D eigenvalue weighted by molar-refractivity contribution is 5.44. The van der Waals surface area contributed by atoms with Crippen LogP contribution in [0, 0.1) is 12.3 Å². The van der Waals surface area contributed by atoms with E-state index >= 15 is 0 Å². The van der Waals surface area contributed by atoms with Crippen LogP contribution in [0.5, 0.6) is 0 Å². The summed E-state index contributed by atoms with van der Waals surface area (Å²) < 4.78 is 0. The minimum Gasteiger partial charge on any atom is -0.399 e. The predicted molar refractivity (Wildman–Crippen MR) is 63.4 cm³/mol. The van der Waals surface area contributed by atoms with Gasteiger partial charge in [-0.25, -0.2) is 0 Å². The molecule has 0 saturated heterocycles. The van der Waals surface area contributed by atoms with Crippen molar-refractivity contribution in [2.24, 2.45) is 5.41 Å². The van der Waals surface area contributed by atoms with E-state index in [2.05, 4.69) is 39.8 Å². The lowest BCUT2D eigenvalue weighted by molar-refractivity contribution is 0.378. The van der Waals surface area contributed by atoms with E-state index in [0.29, 0.717) is 5.41 Å². The molecule has 0 saturated carbocycles. The van der Waals surface area contributed by atoms with Crippen LogP contribution in [0.15, 0.2) is 18.2 Å². The molecule has 0 radical (unpaired) electrons. The van der Waals surface area contributed by atoms with Crippen molar-refractivity contribution in [2.75, 3.05) is 5.73 Å². The molecular formula is C13H21N. The summed E-state index contributed by atoms with van der Waals surface area (Å²) in [5.74, 6) is 0. The Kier molecular flexibility index (Phi) is 3.20. The molecule has 1 aromatic carbocycles. The largest absolute Gasteiger partial charge is 0.399 e. The van der Waals surface area contributed by atoms with Gasteiger partial charge in [-0.3, -0.25) is 0 Å². The molecule has 1 nitrogen and oxygen atoms in total. The van der Waals surface area contributed by atoms with Crippen LogP contribution in [-0.2, 0) is 6.42 Å². The minimum atomic E-state index is 0.401. The molecule has 14 heavy (non-hydrogen) atoms. The van der Waals surface area contributed by atoms with Crippen LogP contribution in [0.25, 0.3) is 0 Å². The van der Waals surface area contributed by atoms with E-state index in [-0.39, 0.29) is 0 Å². The Morgan fingerprint density at radius 2 is 1.79 bits per heavy atom.